The lowest BCUT2D eigenvalue weighted by molar-refractivity contribution is -0.119. The van der Waals surface area contributed by atoms with Crippen molar-refractivity contribution in [2.45, 2.75) is 6.92 Å². The Morgan fingerprint density at radius 3 is 2.52 bits per heavy atom. The van der Waals surface area contributed by atoms with Gasteiger partial charge in [-0.25, -0.2) is 0 Å². The number of rotatable bonds is 6. The van der Waals surface area contributed by atoms with Gasteiger partial charge in [0.1, 0.15) is 11.5 Å². The molecule has 4 nitrogen and oxygen atoms in total. The molecule has 4 heteroatoms. The topological polar surface area (TPSA) is 50.4 Å². The molecule has 0 aliphatic carbocycles. The van der Waals surface area contributed by atoms with E-state index in [0.717, 1.165) is 11.4 Å². The highest BCUT2D eigenvalue weighted by Gasteiger charge is 2.12. The van der Waals surface area contributed by atoms with E-state index in [0.29, 0.717) is 12.3 Å². The Kier molecular flexibility index (Phi) is 5.35. The first-order valence-electron chi connectivity index (χ1n) is 6.97. The fourth-order valence-electron chi connectivity index (χ4n) is 1.93. The molecule has 1 atom stereocenters. The van der Waals surface area contributed by atoms with Gasteiger partial charge in [-0.3, -0.25) is 4.79 Å². The molecule has 1 unspecified atom stereocenters. The van der Waals surface area contributed by atoms with Crippen molar-refractivity contribution in [2.75, 3.05) is 18.9 Å². The summed E-state index contributed by atoms with van der Waals surface area (Å²) in [6.07, 6.45) is 0. The minimum absolute atomic E-state index is 0.0128. The molecular weight excluding hydrogens is 264 g/mol. The average molecular weight is 284 g/mol. The number of carbonyl (C=O) groups excluding carboxylic acids is 1. The average Bonchev–Trinajstić information content (AvgIpc) is 2.49. The summed E-state index contributed by atoms with van der Waals surface area (Å²) in [5.41, 5.74) is 0.733. The van der Waals surface area contributed by atoms with E-state index in [1.165, 1.54) is 0 Å². The molecule has 0 aliphatic heterocycles. The van der Waals surface area contributed by atoms with Crippen molar-refractivity contribution in [1.29, 1.82) is 0 Å². The Balaban J connectivity index is 2.02. The minimum atomic E-state index is -0.0892. The van der Waals surface area contributed by atoms with E-state index in [9.17, 15) is 4.79 Å². The second-order valence-electron chi connectivity index (χ2n) is 4.89. The Bertz CT molecular complexity index is 584. The lowest BCUT2D eigenvalue weighted by Crippen LogP contribution is -2.28. The summed E-state index contributed by atoms with van der Waals surface area (Å²) in [4.78, 5) is 12.0. The third kappa shape index (κ3) is 4.61. The molecule has 0 saturated heterocycles. The maximum Gasteiger partial charge on any atom is 0.228 e. The van der Waals surface area contributed by atoms with Gasteiger partial charge < -0.3 is 15.4 Å². The summed E-state index contributed by atoms with van der Waals surface area (Å²) >= 11 is 0. The van der Waals surface area contributed by atoms with Gasteiger partial charge in [0.25, 0.3) is 0 Å². The zero-order valence-corrected chi connectivity index (χ0v) is 12.3. The number of hydrogen-bond acceptors (Lipinski definition) is 3. The SMILES string of the molecule is CNCC(C)C(=O)Nc1cccc(Oc2ccccc2)c1. The van der Waals surface area contributed by atoms with E-state index in [-0.39, 0.29) is 11.8 Å². The zero-order chi connectivity index (χ0) is 15.1. The highest BCUT2D eigenvalue weighted by Crippen LogP contribution is 2.24. The van der Waals surface area contributed by atoms with Crippen LogP contribution in [0.15, 0.2) is 54.6 Å². The quantitative estimate of drug-likeness (QED) is 0.856. The molecule has 2 aromatic rings. The van der Waals surface area contributed by atoms with Crippen LogP contribution in [0, 0.1) is 5.92 Å². The summed E-state index contributed by atoms with van der Waals surface area (Å²) in [6, 6.07) is 16.9. The number of nitrogens with one attached hydrogen (secondary N) is 2. The van der Waals surface area contributed by atoms with Crippen LogP contribution in [0.3, 0.4) is 0 Å². The van der Waals surface area contributed by atoms with Crippen LogP contribution >= 0.6 is 0 Å². The second kappa shape index (κ2) is 7.45. The first-order valence-corrected chi connectivity index (χ1v) is 6.97. The van der Waals surface area contributed by atoms with Crippen molar-refractivity contribution in [3.8, 4) is 11.5 Å². The lowest BCUT2D eigenvalue weighted by Gasteiger charge is -2.12. The smallest absolute Gasteiger partial charge is 0.228 e. The molecule has 0 radical (unpaired) electrons. The van der Waals surface area contributed by atoms with Gasteiger partial charge in [-0.1, -0.05) is 31.2 Å². The van der Waals surface area contributed by atoms with Gasteiger partial charge in [0.15, 0.2) is 0 Å². The summed E-state index contributed by atoms with van der Waals surface area (Å²) in [5, 5.41) is 5.89. The molecule has 2 aromatic carbocycles. The standard InChI is InChI=1S/C17H20N2O2/c1-13(12-18-2)17(20)19-14-7-6-10-16(11-14)21-15-8-4-3-5-9-15/h3-11,13,18H,12H2,1-2H3,(H,19,20). The molecule has 0 aliphatic rings. The summed E-state index contributed by atoms with van der Waals surface area (Å²) in [7, 11) is 1.83. The van der Waals surface area contributed by atoms with Gasteiger partial charge in [-0.2, -0.15) is 0 Å². The molecule has 0 fully saturated rings. The summed E-state index contributed by atoms with van der Waals surface area (Å²) in [6.45, 7) is 2.53. The Morgan fingerprint density at radius 1 is 1.10 bits per heavy atom. The number of para-hydroxylation sites is 1. The molecule has 0 bridgehead atoms. The van der Waals surface area contributed by atoms with Crippen molar-refractivity contribution >= 4 is 11.6 Å². The van der Waals surface area contributed by atoms with Gasteiger partial charge in [0.05, 0.1) is 0 Å². The van der Waals surface area contributed by atoms with Gasteiger partial charge >= 0.3 is 0 Å². The Hall–Kier alpha value is -2.33. The van der Waals surface area contributed by atoms with Crippen molar-refractivity contribution in [3.63, 3.8) is 0 Å². The molecule has 1 amide bonds. The van der Waals surface area contributed by atoms with E-state index in [1.54, 1.807) is 0 Å². The van der Waals surface area contributed by atoms with Crippen molar-refractivity contribution < 1.29 is 9.53 Å². The van der Waals surface area contributed by atoms with Crippen molar-refractivity contribution in [2.24, 2.45) is 5.92 Å². The van der Waals surface area contributed by atoms with Crippen molar-refractivity contribution in [3.05, 3.63) is 54.6 Å². The molecule has 2 N–H and O–H groups in total. The van der Waals surface area contributed by atoms with Crippen LogP contribution in [0.4, 0.5) is 5.69 Å². The van der Waals surface area contributed by atoms with Crippen LogP contribution in [0.25, 0.3) is 0 Å². The Labute approximate surface area is 125 Å². The predicted molar refractivity (Wildman–Crippen MR) is 84.7 cm³/mol. The van der Waals surface area contributed by atoms with Gasteiger partial charge in [-0.15, -0.1) is 0 Å². The van der Waals surface area contributed by atoms with E-state index in [4.69, 9.17) is 4.74 Å². The monoisotopic (exact) mass is 284 g/mol. The molecule has 0 saturated carbocycles. The van der Waals surface area contributed by atoms with Crippen LogP contribution < -0.4 is 15.4 Å². The molecule has 0 aromatic heterocycles. The van der Waals surface area contributed by atoms with Crippen LogP contribution in [-0.4, -0.2) is 19.5 Å². The van der Waals surface area contributed by atoms with Crippen LogP contribution in [0.1, 0.15) is 6.92 Å². The highest BCUT2D eigenvalue weighted by molar-refractivity contribution is 5.92. The van der Waals surface area contributed by atoms with Crippen molar-refractivity contribution in [1.82, 2.24) is 5.32 Å². The molecular formula is C17H20N2O2. The van der Waals surface area contributed by atoms with Crippen LogP contribution in [-0.2, 0) is 4.79 Å². The van der Waals surface area contributed by atoms with Crippen LogP contribution in [0.2, 0.25) is 0 Å². The predicted octanol–water partition coefficient (Wildman–Crippen LogP) is 3.27. The molecule has 2 rings (SSSR count). The first-order chi connectivity index (χ1) is 10.2. The number of hydrogen-bond donors (Lipinski definition) is 2. The highest BCUT2D eigenvalue weighted by atomic mass is 16.5. The molecule has 0 heterocycles. The van der Waals surface area contributed by atoms with E-state index in [2.05, 4.69) is 10.6 Å². The fraction of sp³-hybridized carbons (Fsp3) is 0.235. The Morgan fingerprint density at radius 2 is 1.81 bits per heavy atom. The molecule has 0 spiro atoms. The number of anilines is 1. The van der Waals surface area contributed by atoms with Gasteiger partial charge in [0, 0.05) is 24.2 Å². The lowest BCUT2D eigenvalue weighted by atomic mass is 10.1. The number of ether oxygens (including phenoxy) is 1. The summed E-state index contributed by atoms with van der Waals surface area (Å²) in [5.74, 6) is 1.36. The van der Waals surface area contributed by atoms with E-state index >= 15 is 0 Å². The third-order valence-electron chi connectivity index (χ3n) is 3.04. The van der Waals surface area contributed by atoms with Gasteiger partial charge in [0.2, 0.25) is 5.91 Å². The molecule has 110 valence electrons. The normalized spacial score (nSPS) is 11.7. The second-order valence-corrected chi connectivity index (χ2v) is 4.89. The van der Waals surface area contributed by atoms with Crippen LogP contribution in [0.5, 0.6) is 11.5 Å². The third-order valence-corrected chi connectivity index (χ3v) is 3.04. The zero-order valence-electron chi connectivity index (χ0n) is 12.3. The fourth-order valence-corrected chi connectivity index (χ4v) is 1.93. The number of carbonyl (C=O) groups is 1. The van der Waals surface area contributed by atoms with E-state index in [1.807, 2.05) is 68.6 Å². The number of amides is 1. The molecule has 21 heavy (non-hydrogen) atoms. The first kappa shape index (κ1) is 15.1. The largest absolute Gasteiger partial charge is 0.457 e. The van der Waals surface area contributed by atoms with Gasteiger partial charge in [-0.05, 0) is 31.3 Å². The summed E-state index contributed by atoms with van der Waals surface area (Å²) < 4.78 is 5.74. The maximum atomic E-state index is 12.0. The minimum Gasteiger partial charge on any atom is -0.457 e. The number of benzene rings is 2. The maximum absolute atomic E-state index is 12.0. The van der Waals surface area contributed by atoms with E-state index < -0.39 is 0 Å².